The summed E-state index contributed by atoms with van der Waals surface area (Å²) < 4.78 is 25.9. The van der Waals surface area contributed by atoms with Gasteiger partial charge < -0.3 is 4.57 Å². The van der Waals surface area contributed by atoms with Gasteiger partial charge in [-0.15, -0.1) is 0 Å². The fourth-order valence-corrected chi connectivity index (χ4v) is 0.724. The zero-order valence-corrected chi connectivity index (χ0v) is 6.08. The Labute approximate surface area is 61.9 Å². The first kappa shape index (κ1) is 7.34. The second-order valence-electron chi connectivity index (χ2n) is 1.92. The lowest BCUT2D eigenvalue weighted by Crippen LogP contribution is -1.97. The van der Waals surface area contributed by atoms with Crippen molar-refractivity contribution < 1.29 is 8.78 Å². The largest absolute Gasteiger partial charge is 0.325 e. The number of pyridine rings is 1. The summed E-state index contributed by atoms with van der Waals surface area (Å²) in [5.41, 5.74) is 0. The van der Waals surface area contributed by atoms with Crippen molar-refractivity contribution in [2.45, 2.75) is 0 Å². The molecule has 1 nitrogen and oxygen atoms in total. The van der Waals surface area contributed by atoms with Gasteiger partial charge in [-0.3, -0.25) is 0 Å². The molecule has 0 saturated heterocycles. The average Bonchev–Trinajstić information content (AvgIpc) is 1.84. The molecule has 0 unspecified atom stereocenters. The van der Waals surface area contributed by atoms with E-state index in [9.17, 15) is 8.78 Å². The molecular formula is C6H5F2NS. The van der Waals surface area contributed by atoms with E-state index in [-0.39, 0.29) is 4.51 Å². The topological polar surface area (TPSA) is 4.93 Å². The lowest BCUT2D eigenvalue weighted by molar-refractivity contribution is 0.502. The molecule has 0 aliphatic rings. The molecule has 0 fully saturated rings. The minimum absolute atomic E-state index is 0.0874. The van der Waals surface area contributed by atoms with Crippen molar-refractivity contribution in [2.75, 3.05) is 0 Å². The highest BCUT2D eigenvalue weighted by Crippen LogP contribution is 2.02. The number of rotatable bonds is 0. The van der Waals surface area contributed by atoms with Crippen LogP contribution >= 0.6 is 12.2 Å². The smallest absolute Gasteiger partial charge is 0.194 e. The molecule has 0 aliphatic carbocycles. The number of hydrogen-bond donors (Lipinski definition) is 0. The molecule has 10 heavy (non-hydrogen) atoms. The van der Waals surface area contributed by atoms with E-state index in [0.29, 0.717) is 0 Å². The molecule has 1 aromatic heterocycles. The van der Waals surface area contributed by atoms with Crippen LogP contribution in [0.5, 0.6) is 0 Å². The summed E-state index contributed by atoms with van der Waals surface area (Å²) in [6.45, 7) is 0. The fourth-order valence-electron chi connectivity index (χ4n) is 0.574. The lowest BCUT2D eigenvalue weighted by Gasteiger charge is -1.98. The number of aromatic nitrogens is 1. The highest BCUT2D eigenvalue weighted by molar-refractivity contribution is 7.71. The molecule has 0 aliphatic heterocycles. The highest BCUT2D eigenvalue weighted by atomic mass is 32.1. The van der Waals surface area contributed by atoms with Gasteiger partial charge in [0.2, 0.25) is 0 Å². The number of halogens is 2. The van der Waals surface area contributed by atoms with E-state index >= 15 is 0 Å². The number of aryl methyl sites for hydroxylation is 1. The Morgan fingerprint density at radius 2 is 2.10 bits per heavy atom. The Morgan fingerprint density at radius 3 is 2.60 bits per heavy atom. The van der Waals surface area contributed by atoms with Gasteiger partial charge in [0.15, 0.2) is 11.8 Å². The van der Waals surface area contributed by atoms with E-state index in [4.69, 9.17) is 0 Å². The zero-order valence-electron chi connectivity index (χ0n) is 5.27. The van der Waals surface area contributed by atoms with Crippen LogP contribution in [0.1, 0.15) is 0 Å². The standard InChI is InChI=1S/C6H5F2NS/c1-9-3-4(7)5(10)2-6(9)8/h2-3H,1H3. The summed E-state index contributed by atoms with van der Waals surface area (Å²) in [5.74, 6) is -1.11. The van der Waals surface area contributed by atoms with Crippen LogP contribution in [0.25, 0.3) is 0 Å². The monoisotopic (exact) mass is 161 g/mol. The van der Waals surface area contributed by atoms with Crippen LogP contribution in [0.3, 0.4) is 0 Å². The van der Waals surface area contributed by atoms with Gasteiger partial charge in [-0.05, 0) is 0 Å². The Balaban J connectivity index is 3.43. The van der Waals surface area contributed by atoms with Crippen molar-refractivity contribution in [1.82, 2.24) is 4.57 Å². The first-order chi connectivity index (χ1) is 4.61. The Kier molecular flexibility index (Phi) is 1.80. The van der Waals surface area contributed by atoms with Gasteiger partial charge in [-0.25, -0.2) is 4.39 Å². The van der Waals surface area contributed by atoms with Crippen molar-refractivity contribution in [3.8, 4) is 0 Å². The molecule has 1 rings (SSSR count). The molecule has 4 heteroatoms. The summed E-state index contributed by atoms with van der Waals surface area (Å²) in [6.07, 6.45) is 1.01. The molecule has 0 amide bonds. The minimum atomic E-state index is -0.570. The van der Waals surface area contributed by atoms with Gasteiger partial charge in [-0.1, -0.05) is 12.2 Å². The van der Waals surface area contributed by atoms with Gasteiger partial charge in [0.25, 0.3) is 0 Å². The molecule has 1 heterocycles. The van der Waals surface area contributed by atoms with E-state index in [0.717, 1.165) is 16.8 Å². The predicted octanol–water partition coefficient (Wildman–Crippen LogP) is 2.03. The van der Waals surface area contributed by atoms with Crippen LogP contribution < -0.4 is 0 Å². The third-order valence-electron chi connectivity index (χ3n) is 1.13. The molecule has 1 aromatic rings. The van der Waals surface area contributed by atoms with Crippen molar-refractivity contribution in [3.63, 3.8) is 0 Å². The lowest BCUT2D eigenvalue weighted by atomic mass is 10.4. The molecule has 0 N–H and O–H groups in total. The van der Waals surface area contributed by atoms with Gasteiger partial charge in [0, 0.05) is 19.3 Å². The third kappa shape index (κ3) is 1.21. The average molecular weight is 161 g/mol. The van der Waals surface area contributed by atoms with Crippen molar-refractivity contribution in [2.24, 2.45) is 7.05 Å². The maximum absolute atomic E-state index is 12.5. The SMILES string of the molecule is Cn1cc(F)c(=S)cc1F. The van der Waals surface area contributed by atoms with Crippen LogP contribution in [0.15, 0.2) is 12.3 Å². The first-order valence-corrected chi connectivity index (χ1v) is 3.04. The van der Waals surface area contributed by atoms with Crippen molar-refractivity contribution in [1.29, 1.82) is 0 Å². The summed E-state index contributed by atoms with van der Waals surface area (Å²) in [7, 11) is 1.41. The van der Waals surface area contributed by atoms with Crippen molar-refractivity contribution >= 4 is 12.2 Å². The molecule has 0 bridgehead atoms. The summed E-state index contributed by atoms with van der Waals surface area (Å²) >= 11 is 4.47. The Bertz CT molecular complexity index is 305. The van der Waals surface area contributed by atoms with E-state index < -0.39 is 11.8 Å². The van der Waals surface area contributed by atoms with Gasteiger partial charge >= 0.3 is 0 Å². The molecule has 0 spiro atoms. The second-order valence-corrected chi connectivity index (χ2v) is 2.36. The number of hydrogen-bond acceptors (Lipinski definition) is 1. The third-order valence-corrected chi connectivity index (χ3v) is 1.44. The van der Waals surface area contributed by atoms with Crippen LogP contribution in [-0.4, -0.2) is 4.57 Å². The van der Waals surface area contributed by atoms with Crippen LogP contribution in [0, 0.1) is 16.3 Å². The van der Waals surface area contributed by atoms with E-state index in [1.165, 1.54) is 7.05 Å². The van der Waals surface area contributed by atoms with Crippen LogP contribution in [0.2, 0.25) is 0 Å². The summed E-state index contributed by atoms with van der Waals surface area (Å²) in [4.78, 5) is 0. The van der Waals surface area contributed by atoms with E-state index in [1.807, 2.05) is 0 Å². The van der Waals surface area contributed by atoms with Gasteiger partial charge in [0.05, 0.1) is 4.51 Å². The van der Waals surface area contributed by atoms with E-state index in [2.05, 4.69) is 12.2 Å². The van der Waals surface area contributed by atoms with Crippen molar-refractivity contribution in [3.05, 3.63) is 28.5 Å². The Hall–Kier alpha value is -0.770. The minimum Gasteiger partial charge on any atom is -0.325 e. The molecule has 0 radical (unpaired) electrons. The maximum Gasteiger partial charge on any atom is 0.194 e. The summed E-state index contributed by atoms with van der Waals surface area (Å²) in [6, 6.07) is 0.977. The molecule has 0 aromatic carbocycles. The first-order valence-electron chi connectivity index (χ1n) is 2.63. The quantitative estimate of drug-likeness (QED) is 0.416. The van der Waals surface area contributed by atoms with Crippen LogP contribution in [0.4, 0.5) is 8.78 Å². The highest BCUT2D eigenvalue weighted by Gasteiger charge is 1.97. The second kappa shape index (κ2) is 2.46. The maximum atomic E-state index is 12.5. The number of nitrogens with zero attached hydrogens (tertiary/aromatic N) is 1. The van der Waals surface area contributed by atoms with Gasteiger partial charge in [-0.2, -0.15) is 4.39 Å². The predicted molar refractivity (Wildman–Crippen MR) is 36.2 cm³/mol. The molecular weight excluding hydrogens is 156 g/mol. The fraction of sp³-hybridized carbons (Fsp3) is 0.167. The molecule has 0 saturated carbocycles. The van der Waals surface area contributed by atoms with E-state index in [1.54, 1.807) is 0 Å². The van der Waals surface area contributed by atoms with Crippen LogP contribution in [-0.2, 0) is 7.05 Å². The molecule has 0 atom stereocenters. The summed E-state index contributed by atoms with van der Waals surface area (Å²) in [5, 5.41) is 0. The Morgan fingerprint density at radius 1 is 1.50 bits per heavy atom. The zero-order chi connectivity index (χ0) is 7.72. The molecule has 54 valence electrons. The van der Waals surface area contributed by atoms with Gasteiger partial charge in [0.1, 0.15) is 0 Å². The normalized spacial score (nSPS) is 9.90.